The Morgan fingerprint density at radius 2 is 1.90 bits per heavy atom. The molecule has 1 unspecified atom stereocenters. The smallest absolute Gasteiger partial charge is 0.228 e. The fourth-order valence-electron chi connectivity index (χ4n) is 4.72. The first-order valence-electron chi connectivity index (χ1n) is 11.4. The number of hydrogen-bond acceptors (Lipinski definition) is 2. The van der Waals surface area contributed by atoms with E-state index in [0.29, 0.717) is 19.5 Å². The van der Waals surface area contributed by atoms with Crippen LogP contribution in [0.1, 0.15) is 36.8 Å². The Labute approximate surface area is 185 Å². The number of carbonyl (C=O) groups excluding carboxylic acids is 2. The van der Waals surface area contributed by atoms with Crippen LogP contribution in [-0.2, 0) is 16.0 Å². The predicted molar refractivity (Wildman–Crippen MR) is 124 cm³/mol. The van der Waals surface area contributed by atoms with E-state index in [1.165, 1.54) is 5.56 Å². The van der Waals surface area contributed by atoms with Gasteiger partial charge in [0.1, 0.15) is 0 Å². The molecule has 2 amide bonds. The Bertz CT molecular complexity index is 961. The van der Waals surface area contributed by atoms with Gasteiger partial charge in [0.2, 0.25) is 11.8 Å². The highest BCUT2D eigenvalue weighted by molar-refractivity contribution is 5.86. The van der Waals surface area contributed by atoms with Gasteiger partial charge in [-0.15, -0.1) is 6.58 Å². The minimum absolute atomic E-state index is 0.0272. The maximum absolute atomic E-state index is 13.4. The van der Waals surface area contributed by atoms with Crippen molar-refractivity contribution in [3.8, 4) is 11.1 Å². The highest BCUT2D eigenvalue weighted by Gasteiger charge is 2.45. The summed E-state index contributed by atoms with van der Waals surface area (Å²) in [4.78, 5) is 28.2. The van der Waals surface area contributed by atoms with Gasteiger partial charge in [0.25, 0.3) is 0 Å². The van der Waals surface area contributed by atoms with Gasteiger partial charge in [0.15, 0.2) is 0 Å². The molecule has 1 saturated carbocycles. The molecule has 0 radical (unpaired) electrons. The second-order valence-corrected chi connectivity index (χ2v) is 9.12. The van der Waals surface area contributed by atoms with E-state index in [1.807, 2.05) is 17.0 Å². The zero-order valence-electron chi connectivity index (χ0n) is 18.4. The Kier molecular flexibility index (Phi) is 6.26. The van der Waals surface area contributed by atoms with E-state index in [4.69, 9.17) is 0 Å². The average Bonchev–Trinajstić information content (AvgIpc) is 3.63. The molecular weight excluding hydrogens is 384 g/mol. The maximum Gasteiger partial charge on any atom is 0.228 e. The molecule has 162 valence electrons. The van der Waals surface area contributed by atoms with Gasteiger partial charge in [-0.1, -0.05) is 60.2 Å². The summed E-state index contributed by atoms with van der Waals surface area (Å²) in [5, 5.41) is 3.04. The molecule has 1 aliphatic carbocycles. The van der Waals surface area contributed by atoms with Crippen molar-refractivity contribution in [3.05, 3.63) is 72.3 Å². The quantitative estimate of drug-likeness (QED) is 0.675. The predicted octanol–water partition coefficient (Wildman–Crippen LogP) is 4.53. The van der Waals surface area contributed by atoms with Crippen molar-refractivity contribution in [1.82, 2.24) is 10.2 Å². The Morgan fingerprint density at radius 3 is 2.61 bits per heavy atom. The van der Waals surface area contributed by atoms with E-state index in [0.717, 1.165) is 48.9 Å². The van der Waals surface area contributed by atoms with Crippen LogP contribution in [0.4, 0.5) is 0 Å². The highest BCUT2D eigenvalue weighted by atomic mass is 16.2. The Hall–Kier alpha value is -2.88. The first-order chi connectivity index (χ1) is 15.0. The summed E-state index contributed by atoms with van der Waals surface area (Å²) >= 11 is 0. The van der Waals surface area contributed by atoms with Crippen LogP contribution < -0.4 is 5.32 Å². The minimum atomic E-state index is -0.618. The van der Waals surface area contributed by atoms with Crippen molar-refractivity contribution in [3.63, 3.8) is 0 Å². The van der Waals surface area contributed by atoms with Gasteiger partial charge in [-0.3, -0.25) is 9.59 Å². The SMILES string of the molecule is C=CCNC(=O)C1(Cc2ccccc2-c2ccc(C)cc2)CCCN(C(=O)C2CC2)C1. The van der Waals surface area contributed by atoms with Gasteiger partial charge >= 0.3 is 0 Å². The number of benzene rings is 2. The van der Waals surface area contributed by atoms with Crippen molar-refractivity contribution < 1.29 is 9.59 Å². The number of hydrogen-bond donors (Lipinski definition) is 1. The maximum atomic E-state index is 13.4. The number of amides is 2. The number of piperidine rings is 1. The summed E-state index contributed by atoms with van der Waals surface area (Å²) in [6.07, 6.45) is 5.94. The summed E-state index contributed by atoms with van der Waals surface area (Å²) in [5.41, 5.74) is 4.07. The Balaban J connectivity index is 1.67. The van der Waals surface area contributed by atoms with Crippen LogP contribution in [0.2, 0.25) is 0 Å². The lowest BCUT2D eigenvalue weighted by atomic mass is 9.73. The van der Waals surface area contributed by atoms with Crippen LogP contribution in [0.5, 0.6) is 0 Å². The number of nitrogens with one attached hydrogen (secondary N) is 1. The van der Waals surface area contributed by atoms with Crippen molar-refractivity contribution in [2.45, 2.75) is 39.0 Å². The molecule has 0 bridgehead atoms. The van der Waals surface area contributed by atoms with Gasteiger partial charge in [-0.2, -0.15) is 0 Å². The van der Waals surface area contributed by atoms with Crippen molar-refractivity contribution in [2.24, 2.45) is 11.3 Å². The lowest BCUT2D eigenvalue weighted by Gasteiger charge is -2.42. The van der Waals surface area contributed by atoms with Crippen molar-refractivity contribution in [2.75, 3.05) is 19.6 Å². The number of aryl methyl sites for hydroxylation is 1. The number of carbonyl (C=O) groups is 2. The van der Waals surface area contributed by atoms with Crippen LogP contribution in [-0.4, -0.2) is 36.3 Å². The third-order valence-electron chi connectivity index (χ3n) is 6.61. The average molecular weight is 417 g/mol. The van der Waals surface area contributed by atoms with Crippen LogP contribution in [0, 0.1) is 18.3 Å². The van der Waals surface area contributed by atoms with Crippen LogP contribution in [0.3, 0.4) is 0 Å². The molecule has 1 atom stereocenters. The molecule has 2 aliphatic rings. The molecule has 1 aliphatic heterocycles. The van der Waals surface area contributed by atoms with Gasteiger partial charge in [0, 0.05) is 25.6 Å². The molecule has 31 heavy (non-hydrogen) atoms. The van der Waals surface area contributed by atoms with Crippen LogP contribution >= 0.6 is 0 Å². The normalized spacial score (nSPS) is 20.9. The molecule has 1 heterocycles. The molecule has 2 aromatic carbocycles. The summed E-state index contributed by atoms with van der Waals surface area (Å²) in [6.45, 7) is 7.52. The molecular formula is C27H32N2O2. The first-order valence-corrected chi connectivity index (χ1v) is 11.4. The fraction of sp³-hybridized carbons (Fsp3) is 0.407. The van der Waals surface area contributed by atoms with Crippen molar-refractivity contribution >= 4 is 11.8 Å². The van der Waals surface area contributed by atoms with Crippen molar-refractivity contribution in [1.29, 1.82) is 0 Å². The monoisotopic (exact) mass is 416 g/mol. The topological polar surface area (TPSA) is 49.4 Å². The summed E-state index contributed by atoms with van der Waals surface area (Å²) in [6, 6.07) is 16.9. The van der Waals surface area contributed by atoms with E-state index >= 15 is 0 Å². The second kappa shape index (κ2) is 9.09. The number of likely N-dealkylation sites (tertiary alicyclic amines) is 1. The van der Waals surface area contributed by atoms with Crippen LogP contribution in [0.25, 0.3) is 11.1 Å². The van der Waals surface area contributed by atoms with Gasteiger partial charge < -0.3 is 10.2 Å². The van der Waals surface area contributed by atoms with E-state index < -0.39 is 5.41 Å². The standard InChI is InChI=1S/C27H32N2O2/c1-3-16-28-26(31)27(15-6-17-29(19-27)25(30)22-13-14-22)18-23-7-4-5-8-24(23)21-11-9-20(2)10-12-21/h3-5,7-12,22H,1,6,13-19H2,2H3,(H,28,31). The number of rotatable bonds is 7. The lowest BCUT2D eigenvalue weighted by molar-refractivity contribution is -0.142. The molecule has 1 saturated heterocycles. The third-order valence-corrected chi connectivity index (χ3v) is 6.61. The Morgan fingerprint density at radius 1 is 1.16 bits per heavy atom. The zero-order valence-corrected chi connectivity index (χ0v) is 18.4. The van der Waals surface area contributed by atoms with Gasteiger partial charge in [0.05, 0.1) is 5.41 Å². The van der Waals surface area contributed by atoms with Gasteiger partial charge in [-0.05, 0) is 55.7 Å². The summed E-state index contributed by atoms with van der Waals surface area (Å²) < 4.78 is 0. The third kappa shape index (κ3) is 4.73. The highest BCUT2D eigenvalue weighted by Crippen LogP contribution is 2.39. The summed E-state index contributed by atoms with van der Waals surface area (Å²) in [5.74, 6) is 0.429. The van der Waals surface area contributed by atoms with E-state index in [1.54, 1.807) is 6.08 Å². The van der Waals surface area contributed by atoms with E-state index in [2.05, 4.69) is 55.2 Å². The molecule has 0 aromatic heterocycles. The van der Waals surface area contributed by atoms with Gasteiger partial charge in [-0.25, -0.2) is 0 Å². The molecule has 0 spiro atoms. The number of nitrogens with zero attached hydrogens (tertiary/aromatic N) is 1. The zero-order chi connectivity index (χ0) is 21.8. The molecule has 4 nitrogen and oxygen atoms in total. The van der Waals surface area contributed by atoms with E-state index in [9.17, 15) is 9.59 Å². The molecule has 4 heteroatoms. The first kappa shape index (κ1) is 21.4. The minimum Gasteiger partial charge on any atom is -0.352 e. The van der Waals surface area contributed by atoms with E-state index in [-0.39, 0.29) is 17.7 Å². The van der Waals surface area contributed by atoms with Crippen LogP contribution in [0.15, 0.2) is 61.2 Å². The molecule has 1 N–H and O–H groups in total. The lowest BCUT2D eigenvalue weighted by Crippen LogP contribution is -2.54. The largest absolute Gasteiger partial charge is 0.352 e. The molecule has 2 fully saturated rings. The second-order valence-electron chi connectivity index (χ2n) is 9.12. The summed E-state index contributed by atoms with van der Waals surface area (Å²) in [7, 11) is 0. The fourth-order valence-corrected chi connectivity index (χ4v) is 4.72. The molecule has 2 aromatic rings. The molecule has 4 rings (SSSR count).